The molecule has 0 aromatic carbocycles. The Morgan fingerprint density at radius 2 is 2.30 bits per heavy atom. The maximum absolute atomic E-state index is 12.6. The molecule has 0 radical (unpaired) electrons. The van der Waals surface area contributed by atoms with E-state index in [1.165, 1.54) is 0 Å². The lowest BCUT2D eigenvalue weighted by Crippen LogP contribution is -2.41. The third-order valence-electron chi connectivity index (χ3n) is 3.28. The molecule has 1 aromatic heterocycles. The molecule has 112 valence electrons. The third-order valence-corrected chi connectivity index (χ3v) is 3.28. The van der Waals surface area contributed by atoms with Gasteiger partial charge in [-0.05, 0) is 19.8 Å². The SMILES string of the molecule is C[C@@H](NC(=O)c1cc(C(F)(F)F)n(C)n1)[C@@H]1CCCO1. The molecule has 2 heterocycles. The Morgan fingerprint density at radius 1 is 1.60 bits per heavy atom. The molecule has 1 amide bonds. The molecule has 0 bridgehead atoms. The molecule has 1 aliphatic rings. The first-order valence-electron chi connectivity index (χ1n) is 6.32. The first-order valence-corrected chi connectivity index (χ1v) is 6.32. The summed E-state index contributed by atoms with van der Waals surface area (Å²) in [6, 6.07) is 0.485. The quantitative estimate of drug-likeness (QED) is 0.923. The van der Waals surface area contributed by atoms with Crippen LogP contribution in [0.25, 0.3) is 0 Å². The average Bonchev–Trinajstić information content (AvgIpc) is 2.95. The zero-order valence-electron chi connectivity index (χ0n) is 11.2. The predicted octanol–water partition coefficient (Wildman–Crippen LogP) is 1.74. The summed E-state index contributed by atoms with van der Waals surface area (Å²) >= 11 is 0. The summed E-state index contributed by atoms with van der Waals surface area (Å²) in [5, 5.41) is 6.22. The molecule has 0 unspecified atom stereocenters. The van der Waals surface area contributed by atoms with Crippen LogP contribution in [0.4, 0.5) is 13.2 Å². The number of nitrogens with zero attached hydrogens (tertiary/aromatic N) is 2. The number of aryl methyl sites for hydroxylation is 1. The molecular formula is C12H16F3N3O2. The first-order chi connectivity index (χ1) is 9.29. The number of carbonyl (C=O) groups is 1. The summed E-state index contributed by atoms with van der Waals surface area (Å²) < 4.78 is 43.9. The lowest BCUT2D eigenvalue weighted by atomic mass is 10.1. The normalized spacial score (nSPS) is 20.9. The molecule has 1 N–H and O–H groups in total. The second-order valence-electron chi connectivity index (χ2n) is 4.85. The van der Waals surface area contributed by atoms with E-state index in [4.69, 9.17) is 4.74 Å². The lowest BCUT2D eigenvalue weighted by molar-refractivity contribution is -0.143. The number of hydrogen-bond donors (Lipinski definition) is 1. The van der Waals surface area contributed by atoms with E-state index >= 15 is 0 Å². The van der Waals surface area contributed by atoms with Gasteiger partial charge in [0.2, 0.25) is 0 Å². The highest BCUT2D eigenvalue weighted by Gasteiger charge is 2.36. The van der Waals surface area contributed by atoms with Crippen molar-refractivity contribution in [1.82, 2.24) is 15.1 Å². The number of hydrogen-bond acceptors (Lipinski definition) is 3. The highest BCUT2D eigenvalue weighted by atomic mass is 19.4. The van der Waals surface area contributed by atoms with Crippen LogP contribution in [0.2, 0.25) is 0 Å². The molecule has 1 saturated heterocycles. The van der Waals surface area contributed by atoms with Gasteiger partial charge in [-0.15, -0.1) is 0 Å². The van der Waals surface area contributed by atoms with Gasteiger partial charge in [0.05, 0.1) is 12.1 Å². The van der Waals surface area contributed by atoms with E-state index in [2.05, 4.69) is 10.4 Å². The fraction of sp³-hybridized carbons (Fsp3) is 0.667. The van der Waals surface area contributed by atoms with Crippen molar-refractivity contribution in [2.45, 2.75) is 38.1 Å². The summed E-state index contributed by atoms with van der Waals surface area (Å²) in [6.45, 7) is 2.41. The zero-order valence-corrected chi connectivity index (χ0v) is 11.2. The van der Waals surface area contributed by atoms with Gasteiger partial charge in [0.25, 0.3) is 5.91 Å². The van der Waals surface area contributed by atoms with Crippen molar-refractivity contribution >= 4 is 5.91 Å². The standard InChI is InChI=1S/C12H16F3N3O2/c1-7(9-4-3-5-20-9)16-11(19)8-6-10(12(13,14)15)18(2)17-8/h6-7,9H,3-5H2,1-2H3,(H,16,19)/t7-,9+/m1/s1. The van der Waals surface area contributed by atoms with E-state index < -0.39 is 17.8 Å². The number of halogens is 3. The van der Waals surface area contributed by atoms with Crippen LogP contribution < -0.4 is 5.32 Å². The molecule has 0 saturated carbocycles. The Kier molecular flexibility index (Phi) is 4.03. The van der Waals surface area contributed by atoms with Crippen LogP contribution in [-0.4, -0.2) is 34.4 Å². The van der Waals surface area contributed by atoms with Gasteiger partial charge < -0.3 is 10.1 Å². The highest BCUT2D eigenvalue weighted by molar-refractivity contribution is 5.92. The third kappa shape index (κ3) is 3.12. The van der Waals surface area contributed by atoms with Gasteiger partial charge >= 0.3 is 6.18 Å². The summed E-state index contributed by atoms with van der Waals surface area (Å²) in [5.74, 6) is -0.626. The molecule has 5 nitrogen and oxygen atoms in total. The van der Waals surface area contributed by atoms with Gasteiger partial charge in [-0.25, -0.2) is 0 Å². The highest BCUT2D eigenvalue weighted by Crippen LogP contribution is 2.29. The summed E-state index contributed by atoms with van der Waals surface area (Å²) in [6.07, 6.45) is -2.87. The number of rotatable bonds is 3. The number of nitrogens with one attached hydrogen (secondary N) is 1. The Bertz CT molecular complexity index is 493. The molecule has 0 spiro atoms. The molecule has 2 atom stereocenters. The van der Waals surface area contributed by atoms with Crippen LogP contribution in [0.5, 0.6) is 0 Å². The van der Waals surface area contributed by atoms with Crippen molar-refractivity contribution in [3.63, 3.8) is 0 Å². The molecule has 1 aromatic rings. The Labute approximate surface area is 114 Å². The van der Waals surface area contributed by atoms with Gasteiger partial charge in [0.1, 0.15) is 5.69 Å². The first kappa shape index (κ1) is 14.8. The number of aromatic nitrogens is 2. The average molecular weight is 291 g/mol. The minimum Gasteiger partial charge on any atom is -0.376 e. The number of alkyl halides is 3. The van der Waals surface area contributed by atoms with Crippen LogP contribution >= 0.6 is 0 Å². The van der Waals surface area contributed by atoms with E-state index in [1.807, 2.05) is 0 Å². The van der Waals surface area contributed by atoms with Crippen LogP contribution in [-0.2, 0) is 18.0 Å². The lowest BCUT2D eigenvalue weighted by Gasteiger charge is -2.19. The Hall–Kier alpha value is -1.57. The van der Waals surface area contributed by atoms with Crippen molar-refractivity contribution in [2.75, 3.05) is 6.61 Å². The number of ether oxygens (including phenoxy) is 1. The van der Waals surface area contributed by atoms with E-state index in [0.717, 1.165) is 26.0 Å². The van der Waals surface area contributed by atoms with E-state index in [0.29, 0.717) is 11.3 Å². The van der Waals surface area contributed by atoms with Gasteiger partial charge in [-0.2, -0.15) is 18.3 Å². The number of carbonyl (C=O) groups excluding carboxylic acids is 1. The van der Waals surface area contributed by atoms with E-state index in [1.54, 1.807) is 6.92 Å². The van der Waals surface area contributed by atoms with Crippen LogP contribution in [0.1, 0.15) is 35.9 Å². The van der Waals surface area contributed by atoms with Crippen molar-refractivity contribution in [2.24, 2.45) is 7.05 Å². The Morgan fingerprint density at radius 3 is 2.80 bits per heavy atom. The van der Waals surface area contributed by atoms with Crippen LogP contribution in [0.3, 0.4) is 0 Å². The smallest absolute Gasteiger partial charge is 0.376 e. The Balaban J connectivity index is 2.06. The molecule has 2 rings (SSSR count). The van der Waals surface area contributed by atoms with E-state index in [-0.39, 0.29) is 17.8 Å². The van der Waals surface area contributed by atoms with Gasteiger partial charge in [0.15, 0.2) is 5.69 Å². The minimum absolute atomic E-state index is 0.0928. The second kappa shape index (κ2) is 5.43. The van der Waals surface area contributed by atoms with Crippen molar-refractivity contribution in [1.29, 1.82) is 0 Å². The molecule has 20 heavy (non-hydrogen) atoms. The minimum atomic E-state index is -4.53. The van der Waals surface area contributed by atoms with Crippen molar-refractivity contribution < 1.29 is 22.7 Å². The molecular weight excluding hydrogens is 275 g/mol. The summed E-state index contributed by atoms with van der Waals surface area (Å²) in [5.41, 5.74) is -1.20. The van der Waals surface area contributed by atoms with Gasteiger partial charge in [0, 0.05) is 19.7 Å². The number of amides is 1. The van der Waals surface area contributed by atoms with Crippen molar-refractivity contribution in [3.05, 3.63) is 17.5 Å². The monoisotopic (exact) mass is 291 g/mol. The predicted molar refractivity (Wildman–Crippen MR) is 64.1 cm³/mol. The van der Waals surface area contributed by atoms with Gasteiger partial charge in [-0.1, -0.05) is 0 Å². The largest absolute Gasteiger partial charge is 0.433 e. The van der Waals surface area contributed by atoms with E-state index in [9.17, 15) is 18.0 Å². The molecule has 1 fully saturated rings. The fourth-order valence-corrected chi connectivity index (χ4v) is 2.21. The van der Waals surface area contributed by atoms with Crippen LogP contribution in [0.15, 0.2) is 6.07 Å². The second-order valence-corrected chi connectivity index (χ2v) is 4.85. The fourth-order valence-electron chi connectivity index (χ4n) is 2.21. The zero-order chi connectivity index (χ0) is 14.9. The maximum Gasteiger partial charge on any atom is 0.433 e. The topological polar surface area (TPSA) is 56.2 Å². The molecule has 8 heteroatoms. The van der Waals surface area contributed by atoms with Crippen LogP contribution in [0, 0.1) is 0 Å². The van der Waals surface area contributed by atoms with Gasteiger partial charge in [-0.3, -0.25) is 9.48 Å². The molecule has 1 aliphatic heterocycles. The summed E-state index contributed by atoms with van der Waals surface area (Å²) in [7, 11) is 1.16. The maximum atomic E-state index is 12.6. The molecule has 0 aliphatic carbocycles. The van der Waals surface area contributed by atoms with Crippen molar-refractivity contribution in [3.8, 4) is 0 Å². The summed E-state index contributed by atoms with van der Waals surface area (Å²) in [4.78, 5) is 11.9.